The Bertz CT molecular complexity index is 552. The summed E-state index contributed by atoms with van der Waals surface area (Å²) in [6.45, 7) is 5.07. The molecule has 2 fully saturated rings. The molecule has 6 heteroatoms. The highest BCUT2D eigenvalue weighted by Gasteiger charge is 2.19. The van der Waals surface area contributed by atoms with Gasteiger partial charge in [-0.15, -0.1) is 0 Å². The van der Waals surface area contributed by atoms with Gasteiger partial charge in [0.15, 0.2) is 0 Å². The Balaban J connectivity index is 1.56. The minimum absolute atomic E-state index is 0.176. The molecular formula is C18H26N2O4. The molecule has 0 spiro atoms. The van der Waals surface area contributed by atoms with Gasteiger partial charge in [-0.05, 0) is 44.2 Å². The van der Waals surface area contributed by atoms with Gasteiger partial charge in [0.05, 0.1) is 19.3 Å². The van der Waals surface area contributed by atoms with E-state index >= 15 is 0 Å². The molecule has 0 aromatic heterocycles. The van der Waals surface area contributed by atoms with Crippen molar-refractivity contribution in [3.63, 3.8) is 0 Å². The summed E-state index contributed by atoms with van der Waals surface area (Å²) in [6.07, 6.45) is 4.30. The summed E-state index contributed by atoms with van der Waals surface area (Å²) >= 11 is 0. The second-order valence-corrected chi connectivity index (χ2v) is 6.36. The van der Waals surface area contributed by atoms with Crippen molar-refractivity contribution in [2.24, 2.45) is 0 Å². The number of amides is 2. The zero-order valence-corrected chi connectivity index (χ0v) is 14.3. The normalized spacial score (nSPS) is 20.9. The first-order valence-corrected chi connectivity index (χ1v) is 8.74. The lowest BCUT2D eigenvalue weighted by molar-refractivity contribution is -0.139. The number of ether oxygens (including phenoxy) is 2. The summed E-state index contributed by atoms with van der Waals surface area (Å²) in [4.78, 5) is 17.5. The quantitative estimate of drug-likeness (QED) is 0.899. The molecule has 2 heterocycles. The average molecular weight is 334 g/mol. The smallest absolute Gasteiger partial charge is 0.341 e. The van der Waals surface area contributed by atoms with Crippen molar-refractivity contribution in [2.75, 3.05) is 26.4 Å². The predicted octanol–water partition coefficient (Wildman–Crippen LogP) is 2.79. The molecule has 2 saturated heterocycles. The van der Waals surface area contributed by atoms with Gasteiger partial charge in [-0.25, -0.2) is 9.86 Å². The minimum Gasteiger partial charge on any atom is -0.491 e. The fourth-order valence-electron chi connectivity index (χ4n) is 2.92. The molecule has 0 radical (unpaired) electrons. The van der Waals surface area contributed by atoms with Crippen LogP contribution in [0, 0.1) is 6.92 Å². The van der Waals surface area contributed by atoms with Gasteiger partial charge in [0.1, 0.15) is 12.4 Å². The van der Waals surface area contributed by atoms with Crippen molar-refractivity contribution in [1.82, 2.24) is 10.4 Å². The Morgan fingerprint density at radius 1 is 1.33 bits per heavy atom. The highest BCUT2D eigenvalue weighted by molar-refractivity contribution is 5.73. The molecule has 2 aliphatic heterocycles. The maximum atomic E-state index is 12.1. The Morgan fingerprint density at radius 3 is 3.00 bits per heavy atom. The van der Waals surface area contributed by atoms with Crippen molar-refractivity contribution in [3.05, 3.63) is 29.3 Å². The van der Waals surface area contributed by atoms with Crippen molar-refractivity contribution >= 4 is 6.03 Å². The van der Waals surface area contributed by atoms with Crippen LogP contribution < -0.4 is 10.1 Å². The maximum Gasteiger partial charge on any atom is 0.341 e. The fraction of sp³-hybridized carbons (Fsp3) is 0.611. The van der Waals surface area contributed by atoms with E-state index in [-0.39, 0.29) is 12.1 Å². The SMILES string of the molecule is Cc1ccc(CNC(=O)N2CCCCO2)c(OC[C@H]2CCCO2)c1. The van der Waals surface area contributed by atoms with Crippen molar-refractivity contribution in [3.8, 4) is 5.75 Å². The lowest BCUT2D eigenvalue weighted by Crippen LogP contribution is -2.42. The lowest BCUT2D eigenvalue weighted by Gasteiger charge is -2.26. The summed E-state index contributed by atoms with van der Waals surface area (Å²) in [5.41, 5.74) is 2.09. The summed E-state index contributed by atoms with van der Waals surface area (Å²) in [7, 11) is 0. The number of hydrogen-bond donors (Lipinski definition) is 1. The van der Waals surface area contributed by atoms with Crippen LogP contribution in [-0.2, 0) is 16.1 Å². The number of nitrogens with zero attached hydrogens (tertiary/aromatic N) is 1. The Kier molecular flexibility index (Phi) is 5.93. The molecule has 1 aromatic rings. The number of nitrogens with one attached hydrogen (secondary N) is 1. The largest absolute Gasteiger partial charge is 0.491 e. The van der Waals surface area contributed by atoms with Gasteiger partial charge in [-0.3, -0.25) is 4.84 Å². The number of rotatable bonds is 5. The molecule has 24 heavy (non-hydrogen) atoms. The third-order valence-corrected chi connectivity index (χ3v) is 4.33. The molecule has 2 amide bonds. The van der Waals surface area contributed by atoms with Crippen molar-refractivity contribution < 1.29 is 19.1 Å². The first kappa shape index (κ1) is 17.0. The number of aryl methyl sites for hydroxylation is 1. The molecule has 0 saturated carbocycles. The standard InChI is InChI=1S/C18H26N2O4/c1-14-6-7-15(12-19-18(21)20-8-2-3-10-24-20)17(11-14)23-13-16-5-4-9-22-16/h6-7,11,16H,2-5,8-10,12-13H2,1H3,(H,19,21)/t16-/m1/s1. The van der Waals surface area contributed by atoms with E-state index in [1.54, 1.807) is 0 Å². The number of hydrogen-bond acceptors (Lipinski definition) is 4. The number of hydroxylamine groups is 2. The Labute approximate surface area is 143 Å². The van der Waals surface area contributed by atoms with Crippen LogP contribution in [-0.4, -0.2) is 43.6 Å². The lowest BCUT2D eigenvalue weighted by atomic mass is 10.1. The van der Waals surface area contributed by atoms with Gasteiger partial charge < -0.3 is 14.8 Å². The van der Waals surface area contributed by atoms with Crippen LogP contribution in [0.15, 0.2) is 18.2 Å². The Hall–Kier alpha value is -1.79. The molecule has 6 nitrogen and oxygen atoms in total. The average Bonchev–Trinajstić information content (AvgIpc) is 3.13. The van der Waals surface area contributed by atoms with Gasteiger partial charge in [-0.2, -0.15) is 0 Å². The summed E-state index contributed by atoms with van der Waals surface area (Å²) in [6, 6.07) is 5.84. The highest BCUT2D eigenvalue weighted by Crippen LogP contribution is 2.22. The van der Waals surface area contributed by atoms with E-state index in [1.165, 1.54) is 5.06 Å². The van der Waals surface area contributed by atoms with E-state index in [0.717, 1.165) is 49.2 Å². The minimum atomic E-state index is -0.194. The van der Waals surface area contributed by atoms with Crippen LogP contribution in [0.3, 0.4) is 0 Å². The zero-order valence-electron chi connectivity index (χ0n) is 14.3. The number of benzene rings is 1. The first-order valence-electron chi connectivity index (χ1n) is 8.74. The molecule has 0 unspecified atom stereocenters. The van der Waals surface area contributed by atoms with Gasteiger partial charge in [0.2, 0.25) is 0 Å². The van der Waals surface area contributed by atoms with E-state index in [2.05, 4.69) is 5.32 Å². The van der Waals surface area contributed by atoms with E-state index < -0.39 is 0 Å². The topological polar surface area (TPSA) is 60.0 Å². The maximum absolute atomic E-state index is 12.1. The molecule has 1 atom stereocenters. The fourth-order valence-corrected chi connectivity index (χ4v) is 2.92. The molecule has 1 N–H and O–H groups in total. The number of urea groups is 1. The van der Waals surface area contributed by atoms with Gasteiger partial charge in [-0.1, -0.05) is 12.1 Å². The molecule has 0 aliphatic carbocycles. The summed E-state index contributed by atoms with van der Waals surface area (Å²) in [5, 5.41) is 4.31. The van der Waals surface area contributed by atoms with E-state index in [1.807, 2.05) is 25.1 Å². The van der Waals surface area contributed by atoms with Gasteiger partial charge >= 0.3 is 6.03 Å². The number of carbonyl (C=O) groups is 1. The molecule has 2 aliphatic rings. The summed E-state index contributed by atoms with van der Waals surface area (Å²) < 4.78 is 11.6. The predicted molar refractivity (Wildman–Crippen MR) is 89.8 cm³/mol. The van der Waals surface area contributed by atoms with Crippen molar-refractivity contribution in [2.45, 2.75) is 45.3 Å². The third kappa shape index (κ3) is 4.61. The van der Waals surface area contributed by atoms with Crippen LogP contribution in [0.5, 0.6) is 5.75 Å². The Morgan fingerprint density at radius 2 is 2.25 bits per heavy atom. The second-order valence-electron chi connectivity index (χ2n) is 6.36. The molecule has 1 aromatic carbocycles. The summed E-state index contributed by atoms with van der Waals surface area (Å²) in [5.74, 6) is 0.811. The van der Waals surface area contributed by atoms with Gasteiger partial charge in [0.25, 0.3) is 0 Å². The molecule has 0 bridgehead atoms. The van der Waals surface area contributed by atoms with Crippen LogP contribution >= 0.6 is 0 Å². The van der Waals surface area contributed by atoms with E-state index in [0.29, 0.717) is 26.3 Å². The number of carbonyl (C=O) groups excluding carboxylic acids is 1. The van der Waals surface area contributed by atoms with Crippen LogP contribution in [0.4, 0.5) is 4.79 Å². The highest BCUT2D eigenvalue weighted by atomic mass is 16.7. The molecule has 132 valence electrons. The zero-order chi connectivity index (χ0) is 16.8. The van der Waals surface area contributed by atoms with Crippen molar-refractivity contribution in [1.29, 1.82) is 0 Å². The van der Waals surface area contributed by atoms with Crippen LogP contribution in [0.2, 0.25) is 0 Å². The second kappa shape index (κ2) is 8.35. The van der Waals surface area contributed by atoms with E-state index in [4.69, 9.17) is 14.3 Å². The first-order chi connectivity index (χ1) is 11.7. The van der Waals surface area contributed by atoms with Crippen LogP contribution in [0.1, 0.15) is 36.8 Å². The third-order valence-electron chi connectivity index (χ3n) is 4.33. The molecule has 3 rings (SSSR count). The van der Waals surface area contributed by atoms with Crippen LogP contribution in [0.25, 0.3) is 0 Å². The molecular weight excluding hydrogens is 308 g/mol. The van der Waals surface area contributed by atoms with Gasteiger partial charge in [0, 0.05) is 18.7 Å². The van der Waals surface area contributed by atoms with E-state index in [9.17, 15) is 4.79 Å². The monoisotopic (exact) mass is 334 g/mol.